The van der Waals surface area contributed by atoms with Crippen molar-refractivity contribution < 1.29 is 26.7 Å². The normalized spacial score (nSPS) is 15.9. The summed E-state index contributed by atoms with van der Waals surface area (Å²) < 4.78 is 58.4. The molecule has 0 radical (unpaired) electrons. The molecule has 0 spiro atoms. The number of thiophene rings is 1. The molecule has 6 nitrogen and oxygen atoms in total. The number of rotatable bonds is 4. The van der Waals surface area contributed by atoms with Gasteiger partial charge in [-0.25, -0.2) is 17.2 Å². The fourth-order valence-corrected chi connectivity index (χ4v) is 5.07. The molecule has 10 heteroatoms. The van der Waals surface area contributed by atoms with Crippen molar-refractivity contribution in [3.8, 4) is 0 Å². The largest absolute Gasteiger partial charge is 0.379 e. The molecule has 25 heavy (non-hydrogen) atoms. The minimum Gasteiger partial charge on any atom is -0.379 e. The third-order valence-corrected chi connectivity index (χ3v) is 6.59. The van der Waals surface area contributed by atoms with Gasteiger partial charge >= 0.3 is 0 Å². The van der Waals surface area contributed by atoms with Crippen LogP contribution in [0, 0.1) is 11.6 Å². The molecule has 1 aromatic heterocycles. The molecule has 1 N–H and O–H groups in total. The van der Waals surface area contributed by atoms with Gasteiger partial charge in [0.05, 0.1) is 18.9 Å². The number of hydrogen-bond donors (Lipinski definition) is 1. The van der Waals surface area contributed by atoms with E-state index in [9.17, 15) is 22.0 Å². The van der Waals surface area contributed by atoms with E-state index in [2.05, 4.69) is 5.32 Å². The van der Waals surface area contributed by atoms with E-state index < -0.39 is 27.6 Å². The lowest BCUT2D eigenvalue weighted by molar-refractivity contribution is 0.0730. The summed E-state index contributed by atoms with van der Waals surface area (Å²) in [4.78, 5) is 12.2. The van der Waals surface area contributed by atoms with Crippen LogP contribution in [0.2, 0.25) is 0 Å². The van der Waals surface area contributed by atoms with Crippen LogP contribution in [-0.4, -0.2) is 44.9 Å². The monoisotopic (exact) mass is 388 g/mol. The predicted octanol–water partition coefficient (Wildman–Crippen LogP) is 2.30. The van der Waals surface area contributed by atoms with Crippen molar-refractivity contribution in [3.63, 3.8) is 0 Å². The van der Waals surface area contributed by atoms with E-state index in [0.29, 0.717) is 6.07 Å². The molecule has 0 saturated carbocycles. The second kappa shape index (κ2) is 7.16. The quantitative estimate of drug-likeness (QED) is 0.872. The lowest BCUT2D eigenvalue weighted by Crippen LogP contribution is -2.41. The Morgan fingerprint density at radius 1 is 1.20 bits per heavy atom. The van der Waals surface area contributed by atoms with Crippen molar-refractivity contribution in [1.82, 2.24) is 4.31 Å². The minimum atomic E-state index is -3.85. The van der Waals surface area contributed by atoms with Crippen molar-refractivity contribution in [2.75, 3.05) is 31.6 Å². The standard InChI is InChI=1S/C15H14F2N2O4S2/c16-10-1-2-12(11(17)9-10)18-15(20)14-13(3-8-24-14)25(21,22)19-4-6-23-7-5-19/h1-3,8-9H,4-7H2,(H,18,20). The topological polar surface area (TPSA) is 75.7 Å². The lowest BCUT2D eigenvalue weighted by atomic mass is 10.3. The van der Waals surface area contributed by atoms with E-state index in [1.807, 2.05) is 0 Å². The molecule has 2 heterocycles. The van der Waals surface area contributed by atoms with Gasteiger partial charge in [-0.15, -0.1) is 11.3 Å². The number of ether oxygens (including phenoxy) is 1. The van der Waals surface area contributed by atoms with Gasteiger partial charge in [0.15, 0.2) is 0 Å². The molecule has 0 unspecified atom stereocenters. The molecule has 1 amide bonds. The summed E-state index contributed by atoms with van der Waals surface area (Å²) in [6.45, 7) is 0.967. The number of benzene rings is 1. The first-order chi connectivity index (χ1) is 11.9. The number of sulfonamides is 1. The minimum absolute atomic E-state index is 0.0600. The van der Waals surface area contributed by atoms with Gasteiger partial charge in [0.1, 0.15) is 21.4 Å². The zero-order chi connectivity index (χ0) is 18.0. The fraction of sp³-hybridized carbons (Fsp3) is 0.267. The number of amides is 1. The highest BCUT2D eigenvalue weighted by Crippen LogP contribution is 2.27. The Balaban J connectivity index is 1.86. The van der Waals surface area contributed by atoms with Crippen molar-refractivity contribution in [2.45, 2.75) is 4.90 Å². The number of carbonyl (C=O) groups excluding carboxylic acids is 1. The molecule has 1 saturated heterocycles. The molecule has 0 bridgehead atoms. The van der Waals surface area contributed by atoms with E-state index in [-0.39, 0.29) is 41.8 Å². The zero-order valence-corrected chi connectivity index (χ0v) is 14.5. The smallest absolute Gasteiger partial charge is 0.267 e. The third kappa shape index (κ3) is 3.71. The molecule has 0 aliphatic carbocycles. The van der Waals surface area contributed by atoms with Crippen LogP contribution < -0.4 is 5.32 Å². The number of carbonyl (C=O) groups is 1. The predicted molar refractivity (Wildman–Crippen MR) is 88.2 cm³/mol. The zero-order valence-electron chi connectivity index (χ0n) is 12.9. The first kappa shape index (κ1) is 17.9. The van der Waals surface area contributed by atoms with E-state index in [1.165, 1.54) is 15.8 Å². The van der Waals surface area contributed by atoms with Crippen LogP contribution in [0.3, 0.4) is 0 Å². The highest BCUT2D eigenvalue weighted by atomic mass is 32.2. The van der Waals surface area contributed by atoms with E-state index in [0.717, 1.165) is 23.5 Å². The van der Waals surface area contributed by atoms with Gasteiger partial charge < -0.3 is 10.1 Å². The van der Waals surface area contributed by atoms with Crippen molar-refractivity contribution in [2.24, 2.45) is 0 Å². The van der Waals surface area contributed by atoms with Crippen molar-refractivity contribution in [3.05, 3.63) is 46.2 Å². The molecule has 1 aromatic carbocycles. The third-order valence-electron chi connectivity index (χ3n) is 3.60. The number of anilines is 1. The Labute approximate surface area is 147 Å². The summed E-state index contributed by atoms with van der Waals surface area (Å²) in [6.07, 6.45) is 0. The number of hydrogen-bond acceptors (Lipinski definition) is 5. The van der Waals surface area contributed by atoms with E-state index >= 15 is 0 Å². The second-order valence-electron chi connectivity index (χ2n) is 5.21. The summed E-state index contributed by atoms with van der Waals surface area (Å²) in [6, 6.07) is 4.05. The van der Waals surface area contributed by atoms with Crippen LogP contribution in [0.15, 0.2) is 34.5 Å². The van der Waals surface area contributed by atoms with Crippen molar-refractivity contribution in [1.29, 1.82) is 0 Å². The average molecular weight is 388 g/mol. The summed E-state index contributed by atoms with van der Waals surface area (Å²) in [5.74, 6) is -2.49. The van der Waals surface area contributed by atoms with Gasteiger partial charge in [-0.1, -0.05) is 0 Å². The average Bonchev–Trinajstić information content (AvgIpc) is 3.09. The summed E-state index contributed by atoms with van der Waals surface area (Å²) in [7, 11) is -3.85. The maximum atomic E-state index is 13.7. The van der Waals surface area contributed by atoms with Crippen LogP contribution in [-0.2, 0) is 14.8 Å². The summed E-state index contributed by atoms with van der Waals surface area (Å²) in [5.41, 5.74) is -0.227. The van der Waals surface area contributed by atoms with Gasteiger partial charge in [0.25, 0.3) is 5.91 Å². The Morgan fingerprint density at radius 3 is 2.60 bits per heavy atom. The molecule has 1 fully saturated rings. The molecule has 134 valence electrons. The lowest BCUT2D eigenvalue weighted by Gasteiger charge is -2.26. The maximum absolute atomic E-state index is 13.7. The highest BCUT2D eigenvalue weighted by Gasteiger charge is 2.31. The highest BCUT2D eigenvalue weighted by molar-refractivity contribution is 7.89. The Morgan fingerprint density at radius 2 is 1.92 bits per heavy atom. The van der Waals surface area contributed by atoms with Crippen LogP contribution in [0.1, 0.15) is 9.67 Å². The number of nitrogens with zero attached hydrogens (tertiary/aromatic N) is 1. The summed E-state index contributed by atoms with van der Waals surface area (Å²) >= 11 is 0.931. The fourth-order valence-electron chi connectivity index (χ4n) is 2.36. The Kier molecular flexibility index (Phi) is 5.13. The molecule has 0 atom stereocenters. The summed E-state index contributed by atoms with van der Waals surface area (Å²) in [5, 5.41) is 3.75. The Bertz CT molecular complexity index is 893. The van der Waals surface area contributed by atoms with E-state index in [4.69, 9.17) is 4.74 Å². The Hall–Kier alpha value is -1.88. The molecule has 2 aromatic rings. The van der Waals surface area contributed by atoms with E-state index in [1.54, 1.807) is 0 Å². The van der Waals surface area contributed by atoms with Crippen molar-refractivity contribution >= 4 is 33.0 Å². The number of halogens is 2. The molecular weight excluding hydrogens is 374 g/mol. The van der Waals surface area contributed by atoms with Gasteiger partial charge in [-0.3, -0.25) is 4.79 Å². The second-order valence-corrected chi connectivity index (χ2v) is 8.03. The van der Waals surface area contributed by atoms with Gasteiger partial charge in [-0.05, 0) is 23.6 Å². The maximum Gasteiger partial charge on any atom is 0.267 e. The first-order valence-electron chi connectivity index (χ1n) is 7.31. The van der Waals surface area contributed by atoms with Crippen LogP contribution in [0.5, 0.6) is 0 Å². The SMILES string of the molecule is O=C(Nc1ccc(F)cc1F)c1sccc1S(=O)(=O)N1CCOCC1. The van der Waals surface area contributed by atoms with Crippen LogP contribution >= 0.6 is 11.3 Å². The number of morpholine rings is 1. The van der Waals surface area contributed by atoms with Gasteiger partial charge in [0, 0.05) is 19.2 Å². The van der Waals surface area contributed by atoms with Crippen LogP contribution in [0.25, 0.3) is 0 Å². The molecule has 1 aliphatic heterocycles. The first-order valence-corrected chi connectivity index (χ1v) is 9.63. The van der Waals surface area contributed by atoms with Crippen LogP contribution in [0.4, 0.5) is 14.5 Å². The molecular formula is C15H14F2N2O4S2. The molecule has 3 rings (SSSR count). The number of nitrogens with one attached hydrogen (secondary N) is 1. The van der Waals surface area contributed by atoms with Gasteiger partial charge in [0.2, 0.25) is 10.0 Å². The molecule has 1 aliphatic rings. The van der Waals surface area contributed by atoms with Gasteiger partial charge in [-0.2, -0.15) is 4.31 Å².